The van der Waals surface area contributed by atoms with Crippen LogP contribution in [0, 0.1) is 5.82 Å². The topological polar surface area (TPSA) is 64.3 Å². The molecule has 0 saturated carbocycles. The number of nitrogens with zero attached hydrogens (tertiary/aromatic N) is 2. The van der Waals surface area contributed by atoms with E-state index < -0.39 is 11.9 Å². The van der Waals surface area contributed by atoms with E-state index in [9.17, 15) is 14.3 Å². The van der Waals surface area contributed by atoms with Gasteiger partial charge in [0.05, 0.1) is 42.6 Å². The highest BCUT2D eigenvalue weighted by Gasteiger charge is 2.10. The van der Waals surface area contributed by atoms with Crippen molar-refractivity contribution in [1.29, 1.82) is 0 Å². The lowest BCUT2D eigenvalue weighted by molar-refractivity contribution is -0.00111. The summed E-state index contributed by atoms with van der Waals surface area (Å²) in [6.07, 6.45) is 0.525. The smallest absolute Gasteiger partial charge is 0.261 e. The fraction of sp³-hybridized carbons (Fsp3) is 0.429. The Morgan fingerprint density at radius 1 is 1.45 bits per heavy atom. The molecule has 1 heterocycles. The maximum absolute atomic E-state index is 13.0. The van der Waals surface area contributed by atoms with E-state index in [0.29, 0.717) is 10.9 Å². The van der Waals surface area contributed by atoms with Gasteiger partial charge in [0.2, 0.25) is 0 Å². The molecule has 20 heavy (non-hydrogen) atoms. The third-order valence-electron chi connectivity index (χ3n) is 2.82. The Hall–Kier alpha value is -1.79. The number of benzene rings is 1. The second-order valence-corrected chi connectivity index (χ2v) is 4.90. The average Bonchev–Trinajstić information content (AvgIpc) is 2.39. The molecule has 0 fully saturated rings. The molecule has 1 unspecified atom stereocenters. The fourth-order valence-corrected chi connectivity index (χ4v) is 1.84. The summed E-state index contributed by atoms with van der Waals surface area (Å²) >= 11 is 0. The molecule has 2 rings (SSSR count). The molecule has 0 radical (unpaired) electrons. The zero-order valence-corrected chi connectivity index (χ0v) is 11.4. The molecule has 0 spiro atoms. The van der Waals surface area contributed by atoms with Gasteiger partial charge in [-0.3, -0.25) is 9.36 Å². The first-order valence-corrected chi connectivity index (χ1v) is 6.41. The van der Waals surface area contributed by atoms with E-state index in [1.807, 2.05) is 13.8 Å². The molecule has 0 aliphatic carbocycles. The number of hydrogen-bond acceptors (Lipinski definition) is 4. The van der Waals surface area contributed by atoms with Gasteiger partial charge < -0.3 is 9.84 Å². The molecule has 6 heteroatoms. The van der Waals surface area contributed by atoms with E-state index in [0.717, 1.165) is 0 Å². The third-order valence-corrected chi connectivity index (χ3v) is 2.82. The van der Waals surface area contributed by atoms with Crippen molar-refractivity contribution in [2.24, 2.45) is 0 Å². The van der Waals surface area contributed by atoms with E-state index in [-0.39, 0.29) is 24.8 Å². The summed E-state index contributed by atoms with van der Waals surface area (Å²) in [6.45, 7) is 3.97. The lowest BCUT2D eigenvalue weighted by atomic mass is 10.2. The van der Waals surface area contributed by atoms with Crippen LogP contribution in [0.4, 0.5) is 4.39 Å². The van der Waals surface area contributed by atoms with Gasteiger partial charge in [-0.05, 0) is 26.0 Å². The van der Waals surface area contributed by atoms with Crippen LogP contribution in [0.3, 0.4) is 0 Å². The van der Waals surface area contributed by atoms with Crippen LogP contribution in [0.5, 0.6) is 0 Å². The molecule has 1 aromatic heterocycles. The van der Waals surface area contributed by atoms with Gasteiger partial charge in [-0.2, -0.15) is 0 Å². The van der Waals surface area contributed by atoms with Crippen LogP contribution < -0.4 is 5.56 Å². The van der Waals surface area contributed by atoms with Crippen LogP contribution in [-0.2, 0) is 11.3 Å². The zero-order valence-electron chi connectivity index (χ0n) is 11.4. The van der Waals surface area contributed by atoms with Crippen molar-refractivity contribution in [3.8, 4) is 0 Å². The number of aliphatic hydroxyl groups excluding tert-OH is 1. The van der Waals surface area contributed by atoms with Crippen LogP contribution in [0.1, 0.15) is 13.8 Å². The van der Waals surface area contributed by atoms with Crippen molar-refractivity contribution < 1.29 is 14.2 Å². The van der Waals surface area contributed by atoms with Gasteiger partial charge >= 0.3 is 0 Å². The van der Waals surface area contributed by atoms with Crippen LogP contribution >= 0.6 is 0 Å². The summed E-state index contributed by atoms with van der Waals surface area (Å²) in [7, 11) is 0. The maximum Gasteiger partial charge on any atom is 0.261 e. The van der Waals surface area contributed by atoms with Crippen molar-refractivity contribution in [2.75, 3.05) is 6.61 Å². The quantitative estimate of drug-likeness (QED) is 0.897. The Kier molecular flexibility index (Phi) is 4.46. The monoisotopic (exact) mass is 280 g/mol. The number of rotatable bonds is 5. The van der Waals surface area contributed by atoms with Crippen molar-refractivity contribution in [2.45, 2.75) is 32.6 Å². The number of hydrogen-bond donors (Lipinski definition) is 1. The normalized spacial score (nSPS) is 13.1. The molecule has 1 atom stereocenters. The lowest BCUT2D eigenvalue weighted by Gasteiger charge is -2.14. The van der Waals surface area contributed by atoms with Crippen LogP contribution in [0.25, 0.3) is 10.9 Å². The molecule has 5 nitrogen and oxygen atoms in total. The highest BCUT2D eigenvalue weighted by atomic mass is 19.1. The summed E-state index contributed by atoms with van der Waals surface area (Å²) in [6, 6.07) is 3.82. The van der Waals surface area contributed by atoms with Crippen molar-refractivity contribution in [1.82, 2.24) is 9.55 Å². The van der Waals surface area contributed by atoms with Gasteiger partial charge in [-0.25, -0.2) is 9.37 Å². The zero-order chi connectivity index (χ0) is 14.7. The number of aromatic nitrogens is 2. The van der Waals surface area contributed by atoms with Crippen molar-refractivity contribution in [3.05, 3.63) is 40.7 Å². The Morgan fingerprint density at radius 3 is 2.90 bits per heavy atom. The van der Waals surface area contributed by atoms with Gasteiger partial charge in [-0.15, -0.1) is 0 Å². The number of halogens is 1. The molecular weight excluding hydrogens is 263 g/mol. The van der Waals surface area contributed by atoms with E-state index in [4.69, 9.17) is 4.74 Å². The van der Waals surface area contributed by atoms with Gasteiger partial charge in [0.15, 0.2) is 0 Å². The molecule has 1 N–H and O–H groups in total. The minimum Gasteiger partial charge on any atom is -0.389 e. The molecular formula is C14H17FN2O3. The summed E-state index contributed by atoms with van der Waals surface area (Å²) < 4.78 is 19.6. The van der Waals surface area contributed by atoms with Crippen LogP contribution in [0.15, 0.2) is 29.3 Å². The van der Waals surface area contributed by atoms with E-state index >= 15 is 0 Å². The second-order valence-electron chi connectivity index (χ2n) is 4.90. The van der Waals surface area contributed by atoms with E-state index in [1.54, 1.807) is 0 Å². The first kappa shape index (κ1) is 14.6. The molecule has 0 amide bonds. The summed E-state index contributed by atoms with van der Waals surface area (Å²) in [5.41, 5.74) is -0.00207. The molecule has 108 valence electrons. The predicted molar refractivity (Wildman–Crippen MR) is 73.1 cm³/mol. The first-order valence-electron chi connectivity index (χ1n) is 6.41. The number of aliphatic hydroxyl groups is 1. The SMILES string of the molecule is CC(C)OCC(O)Cn1cnc2cc(F)ccc2c1=O. The molecule has 0 saturated heterocycles. The van der Waals surface area contributed by atoms with E-state index in [1.165, 1.54) is 29.1 Å². The maximum atomic E-state index is 13.0. The second kappa shape index (κ2) is 6.11. The predicted octanol–water partition coefficient (Wildman–Crippen LogP) is 1.32. The average molecular weight is 280 g/mol. The number of fused-ring (bicyclic) bond motifs is 1. The van der Waals surface area contributed by atoms with Gasteiger partial charge in [0.1, 0.15) is 5.82 Å². The van der Waals surface area contributed by atoms with E-state index in [2.05, 4.69) is 4.98 Å². The first-order chi connectivity index (χ1) is 9.47. The Balaban J connectivity index is 2.21. The Labute approximate surface area is 115 Å². The highest BCUT2D eigenvalue weighted by molar-refractivity contribution is 5.77. The van der Waals surface area contributed by atoms with Gasteiger partial charge in [-0.1, -0.05) is 0 Å². The summed E-state index contributed by atoms with van der Waals surface area (Å²) in [5.74, 6) is -0.437. The largest absolute Gasteiger partial charge is 0.389 e. The molecule has 1 aromatic carbocycles. The molecule has 2 aromatic rings. The molecule has 0 bridgehead atoms. The van der Waals surface area contributed by atoms with Crippen molar-refractivity contribution >= 4 is 10.9 Å². The minimum atomic E-state index is -0.796. The number of ether oxygens (including phenoxy) is 1. The van der Waals surface area contributed by atoms with Gasteiger partial charge in [0, 0.05) is 6.07 Å². The van der Waals surface area contributed by atoms with Crippen LogP contribution in [-0.4, -0.2) is 33.5 Å². The van der Waals surface area contributed by atoms with Crippen LogP contribution in [0.2, 0.25) is 0 Å². The lowest BCUT2D eigenvalue weighted by Crippen LogP contribution is -2.30. The highest BCUT2D eigenvalue weighted by Crippen LogP contribution is 2.08. The van der Waals surface area contributed by atoms with Crippen molar-refractivity contribution in [3.63, 3.8) is 0 Å². The standard InChI is InChI=1S/C14H17FN2O3/c1-9(2)20-7-11(18)6-17-8-16-13-5-10(15)3-4-12(13)14(17)19/h3-5,8-9,11,18H,6-7H2,1-2H3. The van der Waals surface area contributed by atoms with Gasteiger partial charge in [0.25, 0.3) is 5.56 Å². The Morgan fingerprint density at radius 2 is 2.20 bits per heavy atom. The fourth-order valence-electron chi connectivity index (χ4n) is 1.84. The molecule has 0 aliphatic rings. The third kappa shape index (κ3) is 3.40. The summed E-state index contributed by atoms with van der Waals surface area (Å²) in [4.78, 5) is 16.2. The Bertz CT molecular complexity index is 654. The molecule has 0 aliphatic heterocycles. The summed E-state index contributed by atoms with van der Waals surface area (Å²) in [5, 5.41) is 10.1. The minimum absolute atomic E-state index is 0.0130.